The highest BCUT2D eigenvalue weighted by Crippen LogP contribution is 2.43. The zero-order chi connectivity index (χ0) is 17.8. The van der Waals surface area contributed by atoms with Crippen molar-refractivity contribution in [2.75, 3.05) is 5.73 Å². The summed E-state index contributed by atoms with van der Waals surface area (Å²) >= 11 is 0. The van der Waals surface area contributed by atoms with Crippen molar-refractivity contribution in [3.8, 4) is 11.1 Å². The van der Waals surface area contributed by atoms with E-state index >= 15 is 0 Å². The molecule has 6 heteroatoms. The number of nitrogens with two attached hydrogens (primary N) is 2. The maximum Gasteiger partial charge on any atom is 0.151 e. The molecule has 0 aliphatic heterocycles. The van der Waals surface area contributed by atoms with Crippen LogP contribution >= 0.6 is 0 Å². The minimum absolute atomic E-state index is 0.134. The van der Waals surface area contributed by atoms with Crippen molar-refractivity contribution in [2.45, 2.75) is 31.7 Å². The number of hydrogen-bond acceptors (Lipinski definition) is 5. The van der Waals surface area contributed by atoms with E-state index in [-0.39, 0.29) is 6.04 Å². The molecule has 0 spiro atoms. The van der Waals surface area contributed by atoms with Crippen LogP contribution in [0, 0.1) is 0 Å². The van der Waals surface area contributed by atoms with Gasteiger partial charge in [0.2, 0.25) is 0 Å². The van der Waals surface area contributed by atoms with Gasteiger partial charge in [-0.15, -0.1) is 0 Å². The first-order valence-corrected chi connectivity index (χ1v) is 8.88. The molecule has 0 saturated heterocycles. The van der Waals surface area contributed by atoms with Gasteiger partial charge in [0.15, 0.2) is 5.82 Å². The van der Waals surface area contributed by atoms with Crippen LogP contribution in [0.2, 0.25) is 0 Å². The molecule has 3 heterocycles. The van der Waals surface area contributed by atoms with E-state index in [1.807, 2.05) is 28.9 Å². The third-order valence-electron chi connectivity index (χ3n) is 5.37. The van der Waals surface area contributed by atoms with Gasteiger partial charge in [-0.05, 0) is 30.0 Å². The Morgan fingerprint density at radius 1 is 1.19 bits per heavy atom. The molecule has 0 bridgehead atoms. The van der Waals surface area contributed by atoms with Crippen molar-refractivity contribution < 1.29 is 0 Å². The smallest absolute Gasteiger partial charge is 0.151 e. The lowest BCUT2D eigenvalue weighted by atomic mass is 9.82. The molecular formula is C20H20N6. The molecule has 5 rings (SSSR count). The van der Waals surface area contributed by atoms with Gasteiger partial charge in [0.05, 0.1) is 5.52 Å². The molecule has 0 radical (unpaired) electrons. The molecule has 3 aromatic heterocycles. The minimum Gasteiger partial charge on any atom is -0.382 e. The van der Waals surface area contributed by atoms with Gasteiger partial charge in [0.25, 0.3) is 0 Å². The largest absolute Gasteiger partial charge is 0.382 e. The molecule has 4 N–H and O–H groups in total. The predicted molar refractivity (Wildman–Crippen MR) is 103 cm³/mol. The lowest BCUT2D eigenvalue weighted by Crippen LogP contribution is -2.30. The standard InChI is InChI=1S/C20H20N6/c1-11-6-14(21)8-16-17(11)18(19-20(22)24-10-25-26(16)19)13-7-12-4-2-3-5-15(12)23-9-13/h2-5,7,9-11,14H,6,8,21H2,1H3,(H2,22,24,25). The van der Waals surface area contributed by atoms with Crippen LogP contribution in [0.15, 0.2) is 42.9 Å². The number of hydrogen-bond donors (Lipinski definition) is 2. The molecule has 26 heavy (non-hydrogen) atoms. The van der Waals surface area contributed by atoms with E-state index in [1.165, 1.54) is 11.9 Å². The monoisotopic (exact) mass is 344 g/mol. The fourth-order valence-corrected chi connectivity index (χ4v) is 4.32. The molecule has 0 fully saturated rings. The van der Waals surface area contributed by atoms with Crippen LogP contribution in [0.4, 0.5) is 5.82 Å². The Balaban J connectivity index is 1.88. The van der Waals surface area contributed by atoms with Gasteiger partial charge in [0, 0.05) is 40.9 Å². The quantitative estimate of drug-likeness (QED) is 0.553. The maximum atomic E-state index is 6.29. The van der Waals surface area contributed by atoms with E-state index in [0.717, 1.165) is 46.1 Å². The maximum absolute atomic E-state index is 6.29. The Morgan fingerprint density at radius 3 is 2.92 bits per heavy atom. The van der Waals surface area contributed by atoms with Gasteiger partial charge in [-0.25, -0.2) is 9.50 Å². The first-order valence-electron chi connectivity index (χ1n) is 8.88. The van der Waals surface area contributed by atoms with Gasteiger partial charge in [-0.3, -0.25) is 4.98 Å². The van der Waals surface area contributed by atoms with Gasteiger partial charge in [0.1, 0.15) is 11.8 Å². The van der Waals surface area contributed by atoms with Crippen molar-refractivity contribution in [1.29, 1.82) is 0 Å². The Hall–Kier alpha value is -2.99. The second-order valence-electron chi connectivity index (χ2n) is 7.16. The van der Waals surface area contributed by atoms with Gasteiger partial charge < -0.3 is 11.5 Å². The predicted octanol–water partition coefficient (Wildman–Crippen LogP) is 2.90. The molecule has 1 aliphatic carbocycles. The molecular weight excluding hydrogens is 324 g/mol. The van der Waals surface area contributed by atoms with Crippen LogP contribution in [0.3, 0.4) is 0 Å². The molecule has 130 valence electrons. The van der Waals surface area contributed by atoms with Crippen LogP contribution in [0.5, 0.6) is 0 Å². The first-order chi connectivity index (χ1) is 12.6. The van der Waals surface area contributed by atoms with Crippen molar-refractivity contribution in [3.63, 3.8) is 0 Å². The fourth-order valence-electron chi connectivity index (χ4n) is 4.32. The van der Waals surface area contributed by atoms with Crippen LogP contribution in [-0.4, -0.2) is 25.6 Å². The Labute approximate surface area is 150 Å². The third-order valence-corrected chi connectivity index (χ3v) is 5.37. The number of benzene rings is 1. The Bertz CT molecular complexity index is 1150. The second-order valence-corrected chi connectivity index (χ2v) is 7.16. The van der Waals surface area contributed by atoms with Gasteiger partial charge in [-0.2, -0.15) is 5.10 Å². The molecule has 4 aromatic rings. The van der Waals surface area contributed by atoms with Crippen LogP contribution in [-0.2, 0) is 6.42 Å². The number of pyridine rings is 1. The number of rotatable bonds is 1. The highest BCUT2D eigenvalue weighted by Gasteiger charge is 2.31. The van der Waals surface area contributed by atoms with Crippen LogP contribution < -0.4 is 11.5 Å². The van der Waals surface area contributed by atoms with Crippen molar-refractivity contribution in [3.05, 3.63) is 54.1 Å². The molecule has 1 aliphatic rings. The van der Waals surface area contributed by atoms with Crippen molar-refractivity contribution >= 4 is 22.2 Å². The molecule has 2 unspecified atom stereocenters. The van der Waals surface area contributed by atoms with Crippen LogP contribution in [0.25, 0.3) is 27.5 Å². The zero-order valence-corrected chi connectivity index (χ0v) is 14.6. The summed E-state index contributed by atoms with van der Waals surface area (Å²) in [4.78, 5) is 8.88. The zero-order valence-electron chi connectivity index (χ0n) is 14.6. The minimum atomic E-state index is 0.134. The van der Waals surface area contributed by atoms with Crippen LogP contribution in [0.1, 0.15) is 30.5 Å². The molecule has 1 aromatic carbocycles. The van der Waals surface area contributed by atoms with E-state index < -0.39 is 0 Å². The summed E-state index contributed by atoms with van der Waals surface area (Å²) in [6.07, 6.45) is 5.17. The number of para-hydroxylation sites is 1. The summed E-state index contributed by atoms with van der Waals surface area (Å²) in [6.45, 7) is 2.22. The second kappa shape index (κ2) is 5.51. The highest BCUT2D eigenvalue weighted by atomic mass is 15.3. The highest BCUT2D eigenvalue weighted by molar-refractivity contribution is 5.94. The van der Waals surface area contributed by atoms with E-state index in [0.29, 0.717) is 11.7 Å². The summed E-state index contributed by atoms with van der Waals surface area (Å²) in [7, 11) is 0. The molecule has 0 amide bonds. The van der Waals surface area contributed by atoms with E-state index in [1.54, 1.807) is 0 Å². The summed E-state index contributed by atoms with van der Waals surface area (Å²) in [5.41, 5.74) is 19.0. The molecule has 2 atom stereocenters. The fraction of sp³-hybridized carbons (Fsp3) is 0.250. The lowest BCUT2D eigenvalue weighted by molar-refractivity contribution is 0.502. The summed E-state index contributed by atoms with van der Waals surface area (Å²) in [5, 5.41) is 5.59. The van der Waals surface area contributed by atoms with Gasteiger partial charge in [-0.1, -0.05) is 25.1 Å². The average molecular weight is 344 g/mol. The topological polar surface area (TPSA) is 95.1 Å². The average Bonchev–Trinajstić information content (AvgIpc) is 2.97. The number of fused-ring (bicyclic) bond motifs is 4. The Kier molecular flexibility index (Phi) is 3.24. The summed E-state index contributed by atoms with van der Waals surface area (Å²) < 4.78 is 1.93. The van der Waals surface area contributed by atoms with Gasteiger partial charge >= 0.3 is 0 Å². The van der Waals surface area contributed by atoms with E-state index in [2.05, 4.69) is 34.1 Å². The van der Waals surface area contributed by atoms with Crippen molar-refractivity contribution in [1.82, 2.24) is 19.6 Å². The van der Waals surface area contributed by atoms with E-state index in [9.17, 15) is 0 Å². The molecule has 6 nitrogen and oxygen atoms in total. The first kappa shape index (κ1) is 15.3. The number of nitrogen functional groups attached to an aromatic ring is 1. The number of nitrogens with zero attached hydrogens (tertiary/aromatic N) is 4. The van der Waals surface area contributed by atoms with Crippen molar-refractivity contribution in [2.24, 2.45) is 5.73 Å². The lowest BCUT2D eigenvalue weighted by Gasteiger charge is -2.25. The summed E-state index contributed by atoms with van der Waals surface area (Å²) in [5.74, 6) is 0.814. The SMILES string of the molecule is CC1CC(N)Cc2c1c(-c1cnc3ccccc3c1)c1c(N)ncnn21. The summed E-state index contributed by atoms with van der Waals surface area (Å²) in [6, 6.07) is 10.4. The number of aromatic nitrogens is 4. The Morgan fingerprint density at radius 2 is 2.04 bits per heavy atom. The molecule has 0 saturated carbocycles. The van der Waals surface area contributed by atoms with E-state index in [4.69, 9.17) is 11.5 Å². The normalized spacial score (nSPS) is 19.8. The third kappa shape index (κ3) is 2.12. The number of anilines is 1.